The van der Waals surface area contributed by atoms with Crippen molar-refractivity contribution < 1.29 is 9.90 Å². The van der Waals surface area contributed by atoms with Crippen molar-refractivity contribution in [2.24, 2.45) is 0 Å². The van der Waals surface area contributed by atoms with E-state index in [1.165, 1.54) is 32.8 Å². The van der Waals surface area contributed by atoms with Crippen LogP contribution in [0.4, 0.5) is 11.4 Å². The van der Waals surface area contributed by atoms with Crippen LogP contribution in [0.5, 0.6) is 0 Å². The van der Waals surface area contributed by atoms with E-state index in [1.807, 2.05) is 12.1 Å². The largest absolute Gasteiger partial charge is 0.477 e. The van der Waals surface area contributed by atoms with Crippen molar-refractivity contribution in [2.75, 3.05) is 4.90 Å². The van der Waals surface area contributed by atoms with Crippen LogP contribution in [0.3, 0.4) is 0 Å². The Morgan fingerprint density at radius 3 is 2.60 bits per heavy atom. The van der Waals surface area contributed by atoms with Gasteiger partial charge >= 0.3 is 5.97 Å². The molecule has 0 radical (unpaired) electrons. The summed E-state index contributed by atoms with van der Waals surface area (Å²) in [7, 11) is 0. The molecule has 8 heteroatoms. The first-order chi connectivity index (χ1) is 20.5. The van der Waals surface area contributed by atoms with Crippen molar-refractivity contribution in [3.8, 4) is 6.07 Å². The number of carboxylic acid groups (broad SMARTS) is 1. The summed E-state index contributed by atoms with van der Waals surface area (Å²) in [5, 5.41) is 20.9. The third kappa shape index (κ3) is 5.18. The molecule has 210 valence electrons. The highest BCUT2D eigenvalue weighted by Gasteiger charge is 2.42. The third-order valence-corrected chi connectivity index (χ3v) is 9.93. The van der Waals surface area contributed by atoms with Gasteiger partial charge in [-0.15, -0.1) is 22.7 Å². The number of aliphatic carboxylic acids is 1. The molecule has 0 bridgehead atoms. The molecule has 2 aromatic heterocycles. The van der Waals surface area contributed by atoms with Gasteiger partial charge in [-0.1, -0.05) is 48.9 Å². The highest BCUT2D eigenvalue weighted by molar-refractivity contribution is 7.10. The quantitative estimate of drug-likeness (QED) is 0.263. The van der Waals surface area contributed by atoms with Crippen LogP contribution in [0.1, 0.15) is 53.7 Å². The summed E-state index contributed by atoms with van der Waals surface area (Å²) < 4.78 is 1.97. The van der Waals surface area contributed by atoms with E-state index in [2.05, 4.69) is 83.1 Å². The molecular formula is C34H29N3O3S2. The first-order valence-electron chi connectivity index (χ1n) is 14.0. The summed E-state index contributed by atoms with van der Waals surface area (Å²) in [5.74, 6) is -0.903. The van der Waals surface area contributed by atoms with Crippen LogP contribution >= 0.6 is 22.7 Å². The first-order valence-corrected chi connectivity index (χ1v) is 15.7. The van der Waals surface area contributed by atoms with Gasteiger partial charge in [-0.25, -0.2) is 4.79 Å². The molecular weight excluding hydrogens is 563 g/mol. The lowest BCUT2D eigenvalue weighted by Crippen LogP contribution is -2.32. The third-order valence-electron chi connectivity index (χ3n) is 7.96. The van der Waals surface area contributed by atoms with Crippen LogP contribution in [0, 0.1) is 11.3 Å². The number of hydrogen-bond donors (Lipinski definition) is 1. The molecule has 1 N–H and O–H groups in total. The maximum Gasteiger partial charge on any atom is 0.349 e. The number of rotatable bonds is 7. The average molecular weight is 592 g/mol. The Morgan fingerprint density at radius 2 is 1.88 bits per heavy atom. The number of carboxylic acids is 1. The molecule has 1 aliphatic heterocycles. The first kappa shape index (κ1) is 27.7. The zero-order valence-electron chi connectivity index (χ0n) is 23.1. The van der Waals surface area contributed by atoms with Crippen molar-refractivity contribution in [2.45, 2.75) is 44.7 Å². The Bertz CT molecular complexity index is 1920. The summed E-state index contributed by atoms with van der Waals surface area (Å²) in [6.45, 7) is 2.06. The van der Waals surface area contributed by atoms with Gasteiger partial charge in [-0.05, 0) is 84.3 Å². The van der Waals surface area contributed by atoms with Crippen LogP contribution in [-0.4, -0.2) is 21.7 Å². The predicted octanol–water partition coefficient (Wildman–Crippen LogP) is 6.09. The van der Waals surface area contributed by atoms with E-state index < -0.39 is 11.5 Å². The van der Waals surface area contributed by atoms with E-state index in [0.29, 0.717) is 23.0 Å². The Kier molecular flexibility index (Phi) is 7.79. The monoisotopic (exact) mass is 591 g/mol. The molecule has 0 spiro atoms. The molecule has 2 aliphatic rings. The molecule has 1 saturated carbocycles. The van der Waals surface area contributed by atoms with Gasteiger partial charge in [-0.3, -0.25) is 9.36 Å². The second-order valence-corrected chi connectivity index (χ2v) is 12.4. The molecule has 2 atom stereocenters. The second-order valence-electron chi connectivity index (χ2n) is 10.4. The molecule has 6 rings (SSSR count). The molecule has 2 unspecified atom stereocenters. The number of aromatic nitrogens is 1. The summed E-state index contributed by atoms with van der Waals surface area (Å²) in [4.78, 5) is 28.4. The molecule has 1 aliphatic carbocycles. The zero-order chi connectivity index (χ0) is 29.2. The number of nitrogens with zero attached hydrogens (tertiary/aromatic N) is 3. The molecule has 3 heterocycles. The van der Waals surface area contributed by atoms with Crippen molar-refractivity contribution in [3.63, 3.8) is 0 Å². The summed E-state index contributed by atoms with van der Waals surface area (Å²) in [6, 6.07) is 21.3. The van der Waals surface area contributed by atoms with E-state index in [1.54, 1.807) is 24.3 Å². The molecule has 6 nitrogen and oxygen atoms in total. The molecule has 2 aromatic carbocycles. The lowest BCUT2D eigenvalue weighted by atomic mass is 9.96. The smallest absolute Gasteiger partial charge is 0.349 e. The fourth-order valence-electron chi connectivity index (χ4n) is 6.08. The number of nitriles is 1. The molecule has 1 fully saturated rings. The van der Waals surface area contributed by atoms with Gasteiger partial charge in [0.25, 0.3) is 5.56 Å². The van der Waals surface area contributed by atoms with Crippen molar-refractivity contribution in [1.29, 1.82) is 5.26 Å². The lowest BCUT2D eigenvalue weighted by Gasteiger charge is -2.27. The second kappa shape index (κ2) is 11.8. The van der Waals surface area contributed by atoms with Crippen molar-refractivity contribution >= 4 is 63.8 Å². The van der Waals surface area contributed by atoms with Crippen LogP contribution in [-0.2, 0) is 11.3 Å². The Balaban J connectivity index is 1.31. The topological polar surface area (TPSA) is 86.3 Å². The van der Waals surface area contributed by atoms with Crippen LogP contribution in [0.25, 0.3) is 23.8 Å². The standard InChI is InChI=1S/C34H29N3O3S2/c1-2-36-32(38)31(42-33(36)28(21-35)34(39)40)20-23-14-17-30-27(19-23)26-10-5-11-29(26)37(30)24-15-12-22(13-16-24)7-3-4-8-25-9-6-18-41-25/h3-4,6-9,12-20,26,29H,2,5,10-11H2,1H3,(H,39,40)/b7-3+,8-4-,31-20-,33-28+. The van der Waals surface area contributed by atoms with Gasteiger partial charge < -0.3 is 10.0 Å². The highest BCUT2D eigenvalue weighted by Crippen LogP contribution is 2.52. The van der Waals surface area contributed by atoms with E-state index >= 15 is 0 Å². The number of allylic oxidation sites excluding steroid dienone is 2. The fraction of sp³-hybridized carbons (Fsp3) is 0.206. The Hall–Kier alpha value is -4.45. The summed E-state index contributed by atoms with van der Waals surface area (Å²) in [5.41, 5.74) is 5.03. The van der Waals surface area contributed by atoms with Gasteiger partial charge in [0.15, 0.2) is 5.57 Å². The van der Waals surface area contributed by atoms with Crippen LogP contribution in [0.15, 0.2) is 76.9 Å². The molecule has 42 heavy (non-hydrogen) atoms. The van der Waals surface area contributed by atoms with Gasteiger partial charge in [-0.2, -0.15) is 5.26 Å². The fourth-order valence-corrected chi connectivity index (χ4v) is 7.87. The van der Waals surface area contributed by atoms with Gasteiger partial charge in [0.2, 0.25) is 0 Å². The minimum atomic E-state index is -1.33. The number of thiophene rings is 1. The number of carbonyl (C=O) groups is 1. The minimum Gasteiger partial charge on any atom is -0.477 e. The zero-order valence-corrected chi connectivity index (χ0v) is 24.7. The summed E-state index contributed by atoms with van der Waals surface area (Å²) >= 11 is 2.78. The number of thiazole rings is 1. The van der Waals surface area contributed by atoms with Gasteiger partial charge in [0.1, 0.15) is 10.7 Å². The van der Waals surface area contributed by atoms with Crippen LogP contribution < -0.4 is 19.7 Å². The normalized spacial score (nSPS) is 19.0. The van der Waals surface area contributed by atoms with Crippen molar-refractivity contribution in [3.05, 3.63) is 113 Å². The number of anilines is 2. The minimum absolute atomic E-state index is 0.184. The maximum absolute atomic E-state index is 13.1. The molecule has 0 amide bonds. The molecule has 4 aromatic rings. The van der Waals surface area contributed by atoms with E-state index in [4.69, 9.17) is 0 Å². The SMILES string of the molecule is CCn1c(=O)/c(=C/c2ccc3c(c2)C2CCCC2N3c2ccc(/C=C/C=C\c3cccs3)cc2)s/c1=C(\C#N)C(=O)O. The van der Waals surface area contributed by atoms with E-state index in [-0.39, 0.29) is 10.2 Å². The maximum atomic E-state index is 13.1. The van der Waals surface area contributed by atoms with Crippen LogP contribution in [0.2, 0.25) is 0 Å². The Labute approximate surface area is 251 Å². The number of hydrogen-bond acceptors (Lipinski definition) is 6. The lowest BCUT2D eigenvalue weighted by molar-refractivity contribution is -0.130. The number of fused-ring (bicyclic) bond motifs is 3. The summed E-state index contributed by atoms with van der Waals surface area (Å²) in [6.07, 6.45) is 13.6. The Morgan fingerprint density at radius 1 is 1.10 bits per heavy atom. The highest BCUT2D eigenvalue weighted by atomic mass is 32.1. The van der Waals surface area contributed by atoms with Gasteiger partial charge in [0.05, 0.1) is 4.53 Å². The van der Waals surface area contributed by atoms with E-state index in [0.717, 1.165) is 35.3 Å². The molecule has 0 saturated heterocycles. The van der Waals surface area contributed by atoms with Crippen molar-refractivity contribution in [1.82, 2.24) is 4.57 Å². The van der Waals surface area contributed by atoms with E-state index in [9.17, 15) is 20.0 Å². The van der Waals surface area contributed by atoms with Gasteiger partial charge in [0, 0.05) is 34.8 Å². The average Bonchev–Trinajstić information content (AvgIpc) is 3.78. The number of benzene rings is 2. The predicted molar refractivity (Wildman–Crippen MR) is 172 cm³/mol.